The standard InChI is InChI=1S/C16H27N3S/c1-13-15(20-14(2)18-13)12-19-10-3-4-16(7-11-19)5-8-17-9-6-16/h17H,3-12H2,1-2H3. The van der Waals surface area contributed by atoms with E-state index in [1.165, 1.54) is 73.9 Å². The lowest BCUT2D eigenvalue weighted by Crippen LogP contribution is -2.37. The Balaban J connectivity index is 1.61. The number of hydrogen-bond donors (Lipinski definition) is 1. The van der Waals surface area contributed by atoms with E-state index in [2.05, 4.69) is 29.0 Å². The maximum atomic E-state index is 4.57. The minimum atomic E-state index is 0.651. The highest BCUT2D eigenvalue weighted by molar-refractivity contribution is 7.11. The van der Waals surface area contributed by atoms with Gasteiger partial charge in [-0.15, -0.1) is 11.3 Å². The van der Waals surface area contributed by atoms with Crippen LogP contribution < -0.4 is 5.32 Å². The van der Waals surface area contributed by atoms with Crippen molar-refractivity contribution < 1.29 is 0 Å². The van der Waals surface area contributed by atoms with Gasteiger partial charge in [0.1, 0.15) is 0 Å². The molecule has 3 heterocycles. The van der Waals surface area contributed by atoms with Crippen LogP contribution in [0.15, 0.2) is 0 Å². The lowest BCUT2D eigenvalue weighted by molar-refractivity contribution is 0.167. The molecule has 3 nitrogen and oxygen atoms in total. The largest absolute Gasteiger partial charge is 0.317 e. The highest BCUT2D eigenvalue weighted by Crippen LogP contribution is 2.39. The van der Waals surface area contributed by atoms with Crippen molar-refractivity contribution in [3.63, 3.8) is 0 Å². The zero-order valence-corrected chi connectivity index (χ0v) is 13.7. The molecule has 2 aliphatic heterocycles. The van der Waals surface area contributed by atoms with Crippen LogP contribution in [0, 0.1) is 19.3 Å². The maximum Gasteiger partial charge on any atom is 0.0900 e. The van der Waals surface area contributed by atoms with Crippen molar-refractivity contribution in [2.24, 2.45) is 5.41 Å². The molecule has 3 rings (SSSR count). The maximum absolute atomic E-state index is 4.57. The Kier molecular flexibility index (Phi) is 4.43. The molecule has 112 valence electrons. The van der Waals surface area contributed by atoms with Crippen LogP contribution in [-0.4, -0.2) is 36.1 Å². The number of aryl methyl sites for hydroxylation is 2. The molecular formula is C16H27N3S. The van der Waals surface area contributed by atoms with Gasteiger partial charge in [0, 0.05) is 11.4 Å². The molecule has 2 saturated heterocycles. The van der Waals surface area contributed by atoms with Crippen molar-refractivity contribution >= 4 is 11.3 Å². The summed E-state index contributed by atoms with van der Waals surface area (Å²) in [4.78, 5) is 8.71. The van der Waals surface area contributed by atoms with Gasteiger partial charge in [0.25, 0.3) is 0 Å². The topological polar surface area (TPSA) is 28.2 Å². The summed E-state index contributed by atoms with van der Waals surface area (Å²) >= 11 is 1.88. The Morgan fingerprint density at radius 3 is 2.65 bits per heavy atom. The predicted molar refractivity (Wildman–Crippen MR) is 85.3 cm³/mol. The Hall–Kier alpha value is -0.450. The van der Waals surface area contributed by atoms with Crippen molar-refractivity contribution in [2.45, 2.75) is 52.5 Å². The summed E-state index contributed by atoms with van der Waals surface area (Å²) in [7, 11) is 0. The lowest BCUT2D eigenvalue weighted by Gasteiger charge is -2.37. The molecule has 2 aliphatic rings. The van der Waals surface area contributed by atoms with Crippen molar-refractivity contribution in [3.8, 4) is 0 Å². The van der Waals surface area contributed by atoms with Crippen LogP contribution in [-0.2, 0) is 6.54 Å². The molecule has 0 aliphatic carbocycles. The van der Waals surface area contributed by atoms with Gasteiger partial charge in [0.15, 0.2) is 0 Å². The average Bonchev–Trinajstić information content (AvgIpc) is 2.63. The second-order valence-corrected chi connectivity index (χ2v) is 7.91. The molecule has 2 fully saturated rings. The average molecular weight is 293 g/mol. The van der Waals surface area contributed by atoms with Crippen LogP contribution in [0.25, 0.3) is 0 Å². The summed E-state index contributed by atoms with van der Waals surface area (Å²) in [5, 5.41) is 4.73. The van der Waals surface area contributed by atoms with Gasteiger partial charge in [-0.25, -0.2) is 4.98 Å². The van der Waals surface area contributed by atoms with E-state index in [0.29, 0.717) is 5.41 Å². The predicted octanol–water partition coefficient (Wildman–Crippen LogP) is 3.12. The van der Waals surface area contributed by atoms with E-state index in [0.717, 1.165) is 6.54 Å². The molecule has 0 aromatic carbocycles. The van der Waals surface area contributed by atoms with E-state index < -0.39 is 0 Å². The van der Waals surface area contributed by atoms with E-state index in [9.17, 15) is 0 Å². The van der Waals surface area contributed by atoms with Crippen molar-refractivity contribution in [2.75, 3.05) is 26.2 Å². The van der Waals surface area contributed by atoms with Crippen LogP contribution in [0.1, 0.15) is 47.7 Å². The van der Waals surface area contributed by atoms with Crippen molar-refractivity contribution in [1.29, 1.82) is 0 Å². The van der Waals surface area contributed by atoms with Gasteiger partial charge >= 0.3 is 0 Å². The summed E-state index contributed by atoms with van der Waals surface area (Å²) in [6.45, 7) is 10.4. The first-order valence-electron chi connectivity index (χ1n) is 8.03. The number of nitrogens with one attached hydrogen (secondary N) is 1. The fraction of sp³-hybridized carbons (Fsp3) is 0.812. The van der Waals surface area contributed by atoms with Gasteiger partial charge in [0.2, 0.25) is 0 Å². The number of thiazole rings is 1. The van der Waals surface area contributed by atoms with Gasteiger partial charge in [-0.1, -0.05) is 0 Å². The molecule has 4 heteroatoms. The highest BCUT2D eigenvalue weighted by atomic mass is 32.1. The van der Waals surface area contributed by atoms with Gasteiger partial charge in [-0.05, 0) is 77.5 Å². The lowest BCUT2D eigenvalue weighted by atomic mass is 9.73. The smallest absolute Gasteiger partial charge is 0.0900 e. The summed E-state index contributed by atoms with van der Waals surface area (Å²) < 4.78 is 0. The molecule has 0 amide bonds. The van der Waals surface area contributed by atoms with Gasteiger partial charge in [-0.2, -0.15) is 0 Å². The van der Waals surface area contributed by atoms with E-state index in [4.69, 9.17) is 0 Å². The molecule has 0 bridgehead atoms. The van der Waals surface area contributed by atoms with E-state index in [-0.39, 0.29) is 0 Å². The van der Waals surface area contributed by atoms with Crippen LogP contribution >= 0.6 is 11.3 Å². The van der Waals surface area contributed by atoms with E-state index in [1.807, 2.05) is 11.3 Å². The first kappa shape index (κ1) is 14.5. The van der Waals surface area contributed by atoms with Gasteiger partial charge < -0.3 is 5.32 Å². The molecule has 0 saturated carbocycles. The second kappa shape index (κ2) is 6.12. The number of rotatable bonds is 2. The molecular weight excluding hydrogens is 266 g/mol. The molecule has 0 atom stereocenters. The quantitative estimate of drug-likeness (QED) is 0.908. The van der Waals surface area contributed by atoms with Crippen molar-refractivity contribution in [1.82, 2.24) is 15.2 Å². The Morgan fingerprint density at radius 2 is 1.95 bits per heavy atom. The van der Waals surface area contributed by atoms with Crippen LogP contribution in [0.3, 0.4) is 0 Å². The number of nitrogens with zero attached hydrogens (tertiary/aromatic N) is 2. The number of hydrogen-bond acceptors (Lipinski definition) is 4. The van der Waals surface area contributed by atoms with Crippen LogP contribution in [0.4, 0.5) is 0 Å². The number of aromatic nitrogens is 1. The number of likely N-dealkylation sites (tertiary alicyclic amines) is 1. The molecule has 1 N–H and O–H groups in total. The second-order valence-electron chi connectivity index (χ2n) is 6.62. The molecule has 0 radical (unpaired) electrons. The third-order valence-electron chi connectivity index (χ3n) is 5.17. The van der Waals surface area contributed by atoms with E-state index >= 15 is 0 Å². The molecule has 0 unspecified atom stereocenters. The van der Waals surface area contributed by atoms with Gasteiger partial charge in [0.05, 0.1) is 10.7 Å². The minimum Gasteiger partial charge on any atom is -0.317 e. The SMILES string of the molecule is Cc1nc(C)c(CN2CCCC3(CCNCC3)CC2)s1. The first-order chi connectivity index (χ1) is 9.67. The Morgan fingerprint density at radius 1 is 1.15 bits per heavy atom. The Labute approximate surface area is 126 Å². The van der Waals surface area contributed by atoms with Gasteiger partial charge in [-0.3, -0.25) is 4.90 Å². The third-order valence-corrected chi connectivity index (χ3v) is 6.23. The van der Waals surface area contributed by atoms with E-state index in [1.54, 1.807) is 0 Å². The Bertz CT molecular complexity index is 449. The molecule has 1 aromatic heterocycles. The summed E-state index contributed by atoms with van der Waals surface area (Å²) in [6, 6.07) is 0. The fourth-order valence-corrected chi connectivity index (χ4v) is 4.83. The number of piperidine rings is 1. The summed E-state index contributed by atoms with van der Waals surface area (Å²) in [6.07, 6.45) is 6.98. The molecule has 20 heavy (non-hydrogen) atoms. The molecule has 1 aromatic rings. The first-order valence-corrected chi connectivity index (χ1v) is 8.85. The summed E-state index contributed by atoms with van der Waals surface area (Å²) in [5.74, 6) is 0. The highest BCUT2D eigenvalue weighted by Gasteiger charge is 2.33. The van der Waals surface area contributed by atoms with Crippen LogP contribution in [0.2, 0.25) is 0 Å². The van der Waals surface area contributed by atoms with Crippen LogP contribution in [0.5, 0.6) is 0 Å². The molecule has 1 spiro atoms. The third kappa shape index (κ3) is 3.23. The fourth-order valence-electron chi connectivity index (χ4n) is 3.85. The zero-order chi connectivity index (χ0) is 14.0. The normalized spacial score (nSPS) is 23.9. The van der Waals surface area contributed by atoms with Crippen molar-refractivity contribution in [3.05, 3.63) is 15.6 Å². The monoisotopic (exact) mass is 293 g/mol. The zero-order valence-electron chi connectivity index (χ0n) is 12.9. The summed E-state index contributed by atoms with van der Waals surface area (Å²) in [5.41, 5.74) is 1.90. The minimum absolute atomic E-state index is 0.651.